The standard InChI is InChI=1S/C26H22N4O5S/c27-13-15-3-1-6-18(11-15)28-26(33)22-20(16-4-2-5-16)8-7-17-12-21(25(32)30-23(17)22)24(31)29-19-9-10-36(34,35)14-19/h1,3,6-12,16,19H,2,4-5,14H2,(H,28,33)(H,29,31)(H,30,32)/t19-/m1/s1. The summed E-state index contributed by atoms with van der Waals surface area (Å²) in [6.07, 6.45) is 4.28. The molecule has 1 aliphatic heterocycles. The predicted molar refractivity (Wildman–Crippen MR) is 134 cm³/mol. The Kier molecular flexibility index (Phi) is 5.94. The number of fused-ring (bicyclic) bond motifs is 1. The number of hydrogen-bond acceptors (Lipinski definition) is 6. The number of H-pyrrole nitrogens is 1. The Morgan fingerprint density at radius 3 is 2.56 bits per heavy atom. The second kappa shape index (κ2) is 9.09. The maximum atomic E-state index is 13.5. The molecular formula is C26H22N4O5S. The lowest BCUT2D eigenvalue weighted by Gasteiger charge is -2.28. The molecule has 0 spiro atoms. The van der Waals surface area contributed by atoms with Gasteiger partial charge < -0.3 is 15.6 Å². The molecule has 10 heteroatoms. The second-order valence-corrected chi connectivity index (χ2v) is 10.9. The first kappa shape index (κ1) is 23.5. The molecule has 1 atom stereocenters. The average molecular weight is 503 g/mol. The van der Waals surface area contributed by atoms with E-state index in [9.17, 15) is 22.8 Å². The molecule has 1 aromatic heterocycles. The Morgan fingerprint density at radius 2 is 1.89 bits per heavy atom. The van der Waals surface area contributed by atoms with E-state index in [1.165, 1.54) is 12.1 Å². The number of nitrogens with zero attached hydrogens (tertiary/aromatic N) is 1. The number of nitrogens with one attached hydrogen (secondary N) is 3. The van der Waals surface area contributed by atoms with Crippen LogP contribution in [0.5, 0.6) is 0 Å². The Hall–Kier alpha value is -4.23. The summed E-state index contributed by atoms with van der Waals surface area (Å²) in [4.78, 5) is 41.9. The number of carbonyl (C=O) groups excluding carboxylic acids is 2. The van der Waals surface area contributed by atoms with E-state index in [1.54, 1.807) is 30.3 Å². The number of aromatic amines is 1. The van der Waals surface area contributed by atoms with E-state index in [1.807, 2.05) is 12.1 Å². The summed E-state index contributed by atoms with van der Waals surface area (Å²) >= 11 is 0. The summed E-state index contributed by atoms with van der Waals surface area (Å²) in [6, 6.07) is 12.9. The molecular weight excluding hydrogens is 480 g/mol. The van der Waals surface area contributed by atoms with Gasteiger partial charge in [0.15, 0.2) is 9.84 Å². The second-order valence-electron chi connectivity index (χ2n) is 9.02. The highest BCUT2D eigenvalue weighted by molar-refractivity contribution is 7.94. The summed E-state index contributed by atoms with van der Waals surface area (Å²) in [5.74, 6) is -1.20. The number of sulfone groups is 1. The van der Waals surface area contributed by atoms with Crippen LogP contribution in [0.4, 0.5) is 5.69 Å². The van der Waals surface area contributed by atoms with Gasteiger partial charge in [0, 0.05) is 11.1 Å². The van der Waals surface area contributed by atoms with Crippen LogP contribution in [0, 0.1) is 11.3 Å². The van der Waals surface area contributed by atoms with Crippen LogP contribution in [0.25, 0.3) is 10.9 Å². The van der Waals surface area contributed by atoms with Crippen molar-refractivity contribution in [3.05, 3.63) is 86.6 Å². The van der Waals surface area contributed by atoms with Crippen molar-refractivity contribution in [3.8, 4) is 6.07 Å². The van der Waals surface area contributed by atoms with Crippen molar-refractivity contribution < 1.29 is 18.0 Å². The van der Waals surface area contributed by atoms with Gasteiger partial charge in [-0.2, -0.15) is 5.26 Å². The fraction of sp³-hybridized carbons (Fsp3) is 0.231. The number of benzene rings is 2. The average Bonchev–Trinajstić information content (AvgIpc) is 3.15. The monoisotopic (exact) mass is 502 g/mol. The van der Waals surface area contributed by atoms with E-state index in [4.69, 9.17) is 5.26 Å². The summed E-state index contributed by atoms with van der Waals surface area (Å²) in [7, 11) is -3.37. The zero-order valence-electron chi connectivity index (χ0n) is 19.1. The van der Waals surface area contributed by atoms with Crippen LogP contribution in [0.3, 0.4) is 0 Å². The normalized spacial score (nSPS) is 18.4. The fourth-order valence-corrected chi connectivity index (χ4v) is 5.77. The number of hydrogen-bond donors (Lipinski definition) is 3. The Bertz CT molecular complexity index is 1650. The maximum Gasteiger partial charge on any atom is 0.261 e. The van der Waals surface area contributed by atoms with Gasteiger partial charge in [-0.3, -0.25) is 14.4 Å². The van der Waals surface area contributed by atoms with Crippen molar-refractivity contribution in [1.82, 2.24) is 10.3 Å². The maximum absolute atomic E-state index is 13.5. The van der Waals surface area contributed by atoms with Gasteiger partial charge in [0.2, 0.25) is 0 Å². The number of amides is 2. The lowest BCUT2D eigenvalue weighted by molar-refractivity contribution is 0.0945. The molecule has 2 aromatic carbocycles. The quantitative estimate of drug-likeness (QED) is 0.488. The molecule has 1 fully saturated rings. The smallest absolute Gasteiger partial charge is 0.261 e. The minimum absolute atomic E-state index is 0.176. The molecule has 2 aliphatic rings. The highest BCUT2D eigenvalue weighted by atomic mass is 32.2. The van der Waals surface area contributed by atoms with E-state index < -0.39 is 33.3 Å². The van der Waals surface area contributed by atoms with Gasteiger partial charge in [0.05, 0.1) is 34.5 Å². The summed E-state index contributed by atoms with van der Waals surface area (Å²) < 4.78 is 23.3. The van der Waals surface area contributed by atoms with Crippen molar-refractivity contribution in [2.75, 3.05) is 11.1 Å². The minimum atomic E-state index is -3.37. The molecule has 0 saturated heterocycles. The Labute approximate surface area is 206 Å². The third kappa shape index (κ3) is 4.53. The number of rotatable bonds is 5. The summed E-state index contributed by atoms with van der Waals surface area (Å²) in [6.45, 7) is 0. The highest BCUT2D eigenvalue weighted by Gasteiger charge is 2.28. The van der Waals surface area contributed by atoms with Crippen molar-refractivity contribution in [2.45, 2.75) is 31.2 Å². The fourth-order valence-electron chi connectivity index (χ4n) is 4.54. The molecule has 2 amide bonds. The number of aromatic nitrogens is 1. The van der Waals surface area contributed by atoms with Gasteiger partial charge in [-0.25, -0.2) is 8.42 Å². The van der Waals surface area contributed by atoms with Gasteiger partial charge in [0.25, 0.3) is 17.4 Å². The molecule has 5 rings (SSSR count). The topological polar surface area (TPSA) is 149 Å². The summed E-state index contributed by atoms with van der Waals surface area (Å²) in [5, 5.41) is 16.1. The number of nitriles is 1. The first-order valence-corrected chi connectivity index (χ1v) is 13.2. The van der Waals surface area contributed by atoms with Crippen molar-refractivity contribution in [3.63, 3.8) is 0 Å². The molecule has 36 heavy (non-hydrogen) atoms. The van der Waals surface area contributed by atoms with Crippen LogP contribution >= 0.6 is 0 Å². The van der Waals surface area contributed by atoms with Gasteiger partial charge in [-0.15, -0.1) is 0 Å². The van der Waals surface area contributed by atoms with Crippen LogP contribution in [0.15, 0.2) is 58.7 Å². The first-order chi connectivity index (χ1) is 17.2. The van der Waals surface area contributed by atoms with E-state index in [-0.39, 0.29) is 17.2 Å². The SMILES string of the molecule is N#Cc1cccc(NC(=O)c2c(C3CCC3)ccc3cc(C(=O)N[C@@H]4C=CS(=O)(=O)C4)c(=O)[nH]c23)c1. The molecule has 1 aliphatic carbocycles. The number of anilines is 1. The van der Waals surface area contributed by atoms with E-state index in [0.29, 0.717) is 27.7 Å². The first-order valence-electron chi connectivity index (χ1n) is 11.5. The highest BCUT2D eigenvalue weighted by Crippen LogP contribution is 2.40. The Morgan fingerprint density at radius 1 is 1.08 bits per heavy atom. The molecule has 0 unspecified atom stereocenters. The number of pyridine rings is 1. The lowest BCUT2D eigenvalue weighted by Crippen LogP contribution is -2.38. The molecule has 3 aromatic rings. The van der Waals surface area contributed by atoms with Crippen LogP contribution in [-0.4, -0.2) is 37.0 Å². The zero-order valence-corrected chi connectivity index (χ0v) is 19.9. The van der Waals surface area contributed by atoms with Gasteiger partial charge in [-0.05, 0) is 60.1 Å². The van der Waals surface area contributed by atoms with E-state index in [0.717, 1.165) is 30.2 Å². The van der Waals surface area contributed by atoms with Crippen LogP contribution in [0.1, 0.15) is 57.0 Å². The largest absolute Gasteiger partial charge is 0.345 e. The Balaban J connectivity index is 1.53. The molecule has 182 valence electrons. The predicted octanol–water partition coefficient (Wildman–Crippen LogP) is 2.96. The van der Waals surface area contributed by atoms with E-state index >= 15 is 0 Å². The van der Waals surface area contributed by atoms with Crippen molar-refractivity contribution in [1.29, 1.82) is 5.26 Å². The third-order valence-electron chi connectivity index (χ3n) is 6.57. The van der Waals surface area contributed by atoms with Crippen molar-refractivity contribution in [2.24, 2.45) is 0 Å². The molecule has 0 radical (unpaired) electrons. The van der Waals surface area contributed by atoms with Crippen molar-refractivity contribution >= 4 is 38.2 Å². The molecule has 3 N–H and O–H groups in total. The lowest BCUT2D eigenvalue weighted by atomic mass is 9.77. The molecule has 0 bridgehead atoms. The molecule has 9 nitrogen and oxygen atoms in total. The minimum Gasteiger partial charge on any atom is -0.345 e. The van der Waals surface area contributed by atoms with Crippen LogP contribution in [0.2, 0.25) is 0 Å². The molecule has 2 heterocycles. The van der Waals surface area contributed by atoms with Gasteiger partial charge >= 0.3 is 0 Å². The van der Waals surface area contributed by atoms with Gasteiger partial charge in [0.1, 0.15) is 5.56 Å². The molecule has 1 saturated carbocycles. The van der Waals surface area contributed by atoms with E-state index in [2.05, 4.69) is 15.6 Å². The van der Waals surface area contributed by atoms with Crippen LogP contribution in [-0.2, 0) is 9.84 Å². The number of carbonyl (C=O) groups is 2. The summed E-state index contributed by atoms with van der Waals surface area (Å²) in [5.41, 5.74) is 1.46. The van der Waals surface area contributed by atoms with Crippen LogP contribution < -0.4 is 16.2 Å². The van der Waals surface area contributed by atoms with Gasteiger partial charge in [-0.1, -0.05) is 24.6 Å². The third-order valence-corrected chi connectivity index (χ3v) is 7.96. The zero-order chi connectivity index (χ0) is 25.4.